The van der Waals surface area contributed by atoms with Crippen molar-refractivity contribution in [2.24, 2.45) is 0 Å². The molecule has 46 valence electrons. The van der Waals surface area contributed by atoms with Gasteiger partial charge in [0.15, 0.2) is 0 Å². The van der Waals surface area contributed by atoms with Crippen LogP contribution in [0.3, 0.4) is 0 Å². The predicted molar refractivity (Wildman–Crippen MR) is 37.0 cm³/mol. The van der Waals surface area contributed by atoms with Crippen molar-refractivity contribution in [3.63, 3.8) is 0 Å². The van der Waals surface area contributed by atoms with Crippen LogP contribution in [0.2, 0.25) is 0 Å². The van der Waals surface area contributed by atoms with Gasteiger partial charge in [0.1, 0.15) is 6.29 Å². The molecule has 0 heterocycles. The third-order valence-electron chi connectivity index (χ3n) is 0.693. The minimum absolute atomic E-state index is 0.184. The Labute approximate surface area is 54.4 Å². The van der Waals surface area contributed by atoms with Gasteiger partial charge in [-0.05, 0) is 6.20 Å². The zero-order chi connectivity index (χ0) is 6.41. The summed E-state index contributed by atoms with van der Waals surface area (Å²) >= 11 is 3.89. The lowest BCUT2D eigenvalue weighted by molar-refractivity contribution is -0.108. The van der Waals surface area contributed by atoms with Crippen LogP contribution in [0.5, 0.6) is 0 Å². The summed E-state index contributed by atoms with van der Waals surface area (Å²) in [6.07, 6.45) is 2.28. The lowest BCUT2D eigenvalue weighted by Gasteiger charge is -2.03. The molecule has 1 unspecified atom stereocenters. The fourth-order valence-corrected chi connectivity index (χ4v) is 0.478. The van der Waals surface area contributed by atoms with E-state index in [-0.39, 0.29) is 6.04 Å². The summed E-state index contributed by atoms with van der Waals surface area (Å²) in [5.41, 5.74) is 0. The summed E-state index contributed by atoms with van der Waals surface area (Å²) in [4.78, 5) is 9.97. The van der Waals surface area contributed by atoms with E-state index in [1.807, 2.05) is 0 Å². The molecule has 1 N–H and O–H groups in total. The van der Waals surface area contributed by atoms with E-state index in [0.717, 1.165) is 6.29 Å². The van der Waals surface area contributed by atoms with Crippen LogP contribution in [0.1, 0.15) is 0 Å². The number of carbonyl (C=O) groups excluding carboxylic acids is 1. The van der Waals surface area contributed by atoms with E-state index in [4.69, 9.17) is 0 Å². The lowest BCUT2D eigenvalue weighted by Crippen LogP contribution is -2.26. The highest BCUT2D eigenvalue weighted by molar-refractivity contribution is 7.80. The quantitative estimate of drug-likeness (QED) is 0.422. The number of rotatable bonds is 4. The first kappa shape index (κ1) is 7.56. The molecule has 0 aromatic carbocycles. The van der Waals surface area contributed by atoms with Crippen molar-refractivity contribution >= 4 is 18.9 Å². The summed E-state index contributed by atoms with van der Waals surface area (Å²) in [5, 5.41) is 2.70. The maximum atomic E-state index is 9.97. The van der Waals surface area contributed by atoms with Gasteiger partial charge in [-0.2, -0.15) is 12.6 Å². The molecule has 0 aliphatic carbocycles. The fraction of sp³-hybridized carbons (Fsp3) is 0.400. The van der Waals surface area contributed by atoms with Crippen molar-refractivity contribution in [1.29, 1.82) is 0 Å². The smallest absolute Gasteiger partial charge is 0.143 e. The average Bonchev–Trinajstić information content (AvgIpc) is 1.83. The van der Waals surface area contributed by atoms with Gasteiger partial charge in [0.05, 0.1) is 6.04 Å². The van der Waals surface area contributed by atoms with E-state index in [9.17, 15) is 4.79 Å². The van der Waals surface area contributed by atoms with E-state index in [1.54, 1.807) is 0 Å². The lowest BCUT2D eigenvalue weighted by atomic mass is 10.4. The number of hydrogen-bond acceptors (Lipinski definition) is 3. The normalized spacial score (nSPS) is 12.1. The number of hydrogen-bond donors (Lipinski definition) is 2. The summed E-state index contributed by atoms with van der Waals surface area (Å²) < 4.78 is 0. The summed E-state index contributed by atoms with van der Waals surface area (Å²) in [5.74, 6) is 0.509. The van der Waals surface area contributed by atoms with Gasteiger partial charge in [0, 0.05) is 5.75 Å². The Balaban J connectivity index is 3.35. The topological polar surface area (TPSA) is 29.1 Å². The van der Waals surface area contributed by atoms with E-state index in [1.165, 1.54) is 6.20 Å². The van der Waals surface area contributed by atoms with Crippen LogP contribution < -0.4 is 5.32 Å². The minimum Gasteiger partial charge on any atom is -0.381 e. The van der Waals surface area contributed by atoms with Crippen LogP contribution in [-0.4, -0.2) is 18.1 Å². The van der Waals surface area contributed by atoms with Crippen LogP contribution in [0.15, 0.2) is 12.8 Å². The molecule has 0 aliphatic heterocycles. The van der Waals surface area contributed by atoms with Crippen LogP contribution in [0.25, 0.3) is 0 Å². The zero-order valence-electron chi connectivity index (χ0n) is 4.50. The van der Waals surface area contributed by atoms with E-state index >= 15 is 0 Å². The molecule has 0 saturated carbocycles. The van der Waals surface area contributed by atoms with Crippen LogP contribution in [0, 0.1) is 0 Å². The number of aldehydes is 1. The van der Waals surface area contributed by atoms with Gasteiger partial charge in [-0.3, -0.25) is 0 Å². The molecule has 0 spiro atoms. The van der Waals surface area contributed by atoms with Crippen molar-refractivity contribution in [3.05, 3.63) is 12.8 Å². The molecule has 8 heavy (non-hydrogen) atoms. The molecule has 0 saturated heterocycles. The van der Waals surface area contributed by atoms with Gasteiger partial charge in [-0.1, -0.05) is 6.58 Å². The van der Waals surface area contributed by atoms with Gasteiger partial charge in [0.2, 0.25) is 0 Å². The second-order valence-corrected chi connectivity index (χ2v) is 1.66. The van der Waals surface area contributed by atoms with Gasteiger partial charge in [-0.15, -0.1) is 0 Å². The predicted octanol–water partition coefficient (Wildman–Crippen LogP) is 0.217. The first-order chi connectivity index (χ1) is 3.85. The van der Waals surface area contributed by atoms with E-state index in [2.05, 4.69) is 24.5 Å². The third kappa shape index (κ3) is 2.69. The first-order valence-electron chi connectivity index (χ1n) is 2.28. The monoisotopic (exact) mass is 131 g/mol. The van der Waals surface area contributed by atoms with Crippen molar-refractivity contribution in [1.82, 2.24) is 5.32 Å². The Hall–Kier alpha value is -0.440. The Morgan fingerprint density at radius 1 is 1.88 bits per heavy atom. The minimum atomic E-state index is -0.184. The molecule has 0 aromatic rings. The number of nitrogens with one attached hydrogen (secondary N) is 1. The maximum absolute atomic E-state index is 9.97. The van der Waals surface area contributed by atoms with Gasteiger partial charge in [-0.25, -0.2) is 0 Å². The molecule has 0 bridgehead atoms. The van der Waals surface area contributed by atoms with E-state index in [0.29, 0.717) is 5.75 Å². The molecule has 0 fully saturated rings. The van der Waals surface area contributed by atoms with Crippen LogP contribution in [0.4, 0.5) is 0 Å². The first-order valence-corrected chi connectivity index (χ1v) is 2.91. The van der Waals surface area contributed by atoms with E-state index < -0.39 is 0 Å². The molecule has 0 radical (unpaired) electrons. The maximum Gasteiger partial charge on any atom is 0.143 e. The summed E-state index contributed by atoms with van der Waals surface area (Å²) in [6.45, 7) is 3.39. The Morgan fingerprint density at radius 3 is 2.62 bits per heavy atom. The van der Waals surface area contributed by atoms with Crippen LogP contribution >= 0.6 is 12.6 Å². The Morgan fingerprint density at radius 2 is 2.50 bits per heavy atom. The molecule has 2 nitrogen and oxygen atoms in total. The molecule has 3 heteroatoms. The van der Waals surface area contributed by atoms with Crippen molar-refractivity contribution in [3.8, 4) is 0 Å². The van der Waals surface area contributed by atoms with Crippen LogP contribution in [-0.2, 0) is 4.79 Å². The Kier molecular flexibility index (Phi) is 4.45. The SMILES string of the molecule is C=CNC(C=O)CS. The van der Waals surface area contributed by atoms with Crippen molar-refractivity contribution < 1.29 is 4.79 Å². The van der Waals surface area contributed by atoms with Gasteiger partial charge in [0.25, 0.3) is 0 Å². The van der Waals surface area contributed by atoms with Gasteiger partial charge < -0.3 is 10.1 Å². The van der Waals surface area contributed by atoms with Crippen molar-refractivity contribution in [2.45, 2.75) is 6.04 Å². The second-order valence-electron chi connectivity index (χ2n) is 1.30. The number of carbonyl (C=O) groups is 1. The number of thiol groups is 1. The molecule has 0 aliphatic rings. The van der Waals surface area contributed by atoms with Crippen molar-refractivity contribution in [2.75, 3.05) is 5.75 Å². The Bertz CT molecular complexity index is 84.5. The third-order valence-corrected chi connectivity index (χ3v) is 1.09. The summed E-state index contributed by atoms with van der Waals surface area (Å²) in [6, 6.07) is -0.184. The highest BCUT2D eigenvalue weighted by atomic mass is 32.1. The molecule has 0 rings (SSSR count). The second kappa shape index (κ2) is 4.71. The standard InChI is InChI=1S/C5H9NOS/c1-2-6-5(3-7)4-8/h2-3,5-6,8H,1,4H2. The highest BCUT2D eigenvalue weighted by Gasteiger charge is 1.96. The highest BCUT2D eigenvalue weighted by Crippen LogP contribution is 1.80. The molecular formula is C5H9NOS. The molecule has 1 atom stereocenters. The largest absolute Gasteiger partial charge is 0.381 e. The zero-order valence-corrected chi connectivity index (χ0v) is 5.40. The molecular weight excluding hydrogens is 122 g/mol. The fourth-order valence-electron chi connectivity index (χ4n) is 0.286. The van der Waals surface area contributed by atoms with Gasteiger partial charge >= 0.3 is 0 Å². The summed E-state index contributed by atoms with van der Waals surface area (Å²) in [7, 11) is 0. The molecule has 0 aromatic heterocycles. The average molecular weight is 131 g/mol. The molecule has 0 amide bonds.